The first-order valence-electron chi connectivity index (χ1n) is 9.41. The molecule has 6 nitrogen and oxygen atoms in total. The van der Waals surface area contributed by atoms with E-state index in [-0.39, 0.29) is 11.3 Å². The number of aromatic nitrogens is 2. The van der Waals surface area contributed by atoms with E-state index in [0.717, 1.165) is 24.4 Å². The topological polar surface area (TPSA) is 72.5 Å². The minimum Gasteiger partial charge on any atom is -0.379 e. The quantitative estimate of drug-likeness (QED) is 0.826. The van der Waals surface area contributed by atoms with Crippen LogP contribution < -0.4 is 0 Å². The van der Waals surface area contributed by atoms with Crippen molar-refractivity contribution in [2.24, 2.45) is 5.41 Å². The number of rotatable bonds is 6. The molecular formula is C19H32N4O2. The lowest BCUT2D eigenvalue weighted by Crippen LogP contribution is -2.59. The molecule has 3 rings (SSSR count). The normalized spacial score (nSPS) is 25.0. The second kappa shape index (κ2) is 6.72. The average Bonchev–Trinajstić information content (AvgIpc) is 3.23. The molecule has 1 aliphatic carbocycles. The minimum absolute atomic E-state index is 0.0366. The van der Waals surface area contributed by atoms with E-state index in [1.165, 1.54) is 12.8 Å². The Morgan fingerprint density at radius 3 is 2.80 bits per heavy atom. The molecule has 0 bridgehead atoms. The molecule has 1 aliphatic heterocycles. The van der Waals surface area contributed by atoms with E-state index in [1.807, 2.05) is 16.8 Å². The Labute approximate surface area is 150 Å². The number of aromatic amines is 1. The number of carbonyl (C=O) groups is 1. The van der Waals surface area contributed by atoms with Crippen molar-refractivity contribution < 1.29 is 9.90 Å². The minimum atomic E-state index is -1.28. The molecular weight excluding hydrogens is 316 g/mol. The predicted octanol–water partition coefficient (Wildman–Crippen LogP) is 2.12. The molecule has 25 heavy (non-hydrogen) atoms. The highest BCUT2D eigenvalue weighted by Gasteiger charge is 2.43. The number of amides is 1. The Bertz CT molecular complexity index is 617. The molecule has 2 fully saturated rings. The number of likely N-dealkylation sites (N-methyl/N-ethyl adjacent to an activating group) is 1. The molecule has 2 aliphatic rings. The largest absolute Gasteiger partial charge is 0.379 e. The van der Waals surface area contributed by atoms with Crippen LogP contribution in [0.5, 0.6) is 0 Å². The van der Waals surface area contributed by atoms with Crippen LogP contribution in [0.4, 0.5) is 0 Å². The maximum atomic E-state index is 12.8. The summed E-state index contributed by atoms with van der Waals surface area (Å²) in [6, 6.07) is 2.12. The molecule has 1 aromatic heterocycles. The number of likely N-dealkylation sites (tertiary alicyclic amines) is 1. The van der Waals surface area contributed by atoms with Gasteiger partial charge in [-0.25, -0.2) is 0 Å². The Morgan fingerprint density at radius 1 is 1.44 bits per heavy atom. The zero-order valence-electron chi connectivity index (χ0n) is 16.0. The van der Waals surface area contributed by atoms with Crippen molar-refractivity contribution >= 4 is 5.91 Å². The van der Waals surface area contributed by atoms with Gasteiger partial charge in [0.25, 0.3) is 5.91 Å². The molecule has 1 atom stereocenters. The molecule has 0 spiro atoms. The van der Waals surface area contributed by atoms with Gasteiger partial charge < -0.3 is 10.0 Å². The lowest BCUT2D eigenvalue weighted by molar-refractivity contribution is -0.160. The Morgan fingerprint density at radius 2 is 2.16 bits per heavy atom. The van der Waals surface area contributed by atoms with Gasteiger partial charge in [-0.3, -0.25) is 14.8 Å². The third kappa shape index (κ3) is 4.61. The van der Waals surface area contributed by atoms with Gasteiger partial charge in [-0.1, -0.05) is 20.8 Å². The van der Waals surface area contributed by atoms with Gasteiger partial charge in [-0.15, -0.1) is 0 Å². The fourth-order valence-corrected chi connectivity index (χ4v) is 3.78. The Hall–Kier alpha value is -1.40. The maximum absolute atomic E-state index is 12.8. The number of aliphatic hydroxyl groups is 1. The number of H-pyrrole nitrogens is 1. The van der Waals surface area contributed by atoms with E-state index >= 15 is 0 Å². The number of nitrogens with zero attached hydrogens (tertiary/aromatic N) is 3. The fraction of sp³-hybridized carbons (Fsp3) is 0.789. The van der Waals surface area contributed by atoms with Crippen LogP contribution >= 0.6 is 0 Å². The van der Waals surface area contributed by atoms with E-state index in [4.69, 9.17) is 0 Å². The van der Waals surface area contributed by atoms with Crippen LogP contribution in [-0.2, 0) is 11.3 Å². The van der Waals surface area contributed by atoms with Crippen LogP contribution in [-0.4, -0.2) is 63.3 Å². The van der Waals surface area contributed by atoms with Crippen LogP contribution in [0.1, 0.15) is 63.8 Å². The summed E-state index contributed by atoms with van der Waals surface area (Å²) in [5.74, 6) is 0.508. The summed E-state index contributed by atoms with van der Waals surface area (Å²) >= 11 is 0. The summed E-state index contributed by atoms with van der Waals surface area (Å²) in [6.45, 7) is 8.80. The second-order valence-corrected chi connectivity index (χ2v) is 9.19. The summed E-state index contributed by atoms with van der Waals surface area (Å²) in [4.78, 5) is 16.7. The van der Waals surface area contributed by atoms with Crippen molar-refractivity contribution in [3.05, 3.63) is 17.5 Å². The van der Waals surface area contributed by atoms with Crippen LogP contribution in [0.25, 0.3) is 0 Å². The van der Waals surface area contributed by atoms with Crippen LogP contribution in [0.3, 0.4) is 0 Å². The highest BCUT2D eigenvalue weighted by molar-refractivity contribution is 5.86. The maximum Gasteiger partial charge on any atom is 0.255 e. The first-order chi connectivity index (χ1) is 11.7. The predicted molar refractivity (Wildman–Crippen MR) is 97.1 cm³/mol. The number of piperidine rings is 1. The van der Waals surface area contributed by atoms with Crippen molar-refractivity contribution in [2.45, 2.75) is 64.5 Å². The third-order valence-corrected chi connectivity index (χ3v) is 4.99. The molecule has 0 unspecified atom stereocenters. The highest BCUT2D eigenvalue weighted by atomic mass is 16.3. The van der Waals surface area contributed by atoms with E-state index in [0.29, 0.717) is 32.0 Å². The van der Waals surface area contributed by atoms with Crippen molar-refractivity contribution in [2.75, 3.05) is 26.7 Å². The molecule has 0 radical (unpaired) electrons. The van der Waals surface area contributed by atoms with Crippen LogP contribution in [0.15, 0.2) is 6.07 Å². The third-order valence-electron chi connectivity index (χ3n) is 4.99. The number of carbonyl (C=O) groups excluding carboxylic acids is 1. The van der Waals surface area contributed by atoms with Crippen LogP contribution in [0.2, 0.25) is 0 Å². The van der Waals surface area contributed by atoms with Crippen LogP contribution in [0, 0.1) is 5.41 Å². The molecule has 0 aromatic carbocycles. The van der Waals surface area contributed by atoms with Gasteiger partial charge in [-0.05, 0) is 44.2 Å². The van der Waals surface area contributed by atoms with Gasteiger partial charge in [0.05, 0.1) is 5.69 Å². The van der Waals surface area contributed by atoms with Crippen molar-refractivity contribution in [3.8, 4) is 0 Å². The Kier molecular flexibility index (Phi) is 4.95. The molecule has 2 N–H and O–H groups in total. The second-order valence-electron chi connectivity index (χ2n) is 9.19. The molecule has 1 aromatic rings. The van der Waals surface area contributed by atoms with Gasteiger partial charge in [0, 0.05) is 37.8 Å². The van der Waals surface area contributed by atoms with E-state index in [1.54, 1.807) is 0 Å². The van der Waals surface area contributed by atoms with Gasteiger partial charge in [0.2, 0.25) is 0 Å². The van der Waals surface area contributed by atoms with E-state index < -0.39 is 5.60 Å². The fourth-order valence-electron chi connectivity index (χ4n) is 3.78. The van der Waals surface area contributed by atoms with Crippen molar-refractivity contribution in [3.63, 3.8) is 0 Å². The molecule has 140 valence electrons. The zero-order chi connectivity index (χ0) is 18.2. The summed E-state index contributed by atoms with van der Waals surface area (Å²) in [5, 5.41) is 18.5. The average molecular weight is 348 g/mol. The van der Waals surface area contributed by atoms with Gasteiger partial charge in [0.15, 0.2) is 5.60 Å². The molecule has 6 heteroatoms. The van der Waals surface area contributed by atoms with E-state index in [9.17, 15) is 9.90 Å². The van der Waals surface area contributed by atoms with E-state index in [2.05, 4.69) is 37.0 Å². The standard InChI is InChI=1S/C19H32N4O2/c1-18(2,3)12-23-9-5-8-19(25,17(23)24)13-22(4)11-15-10-16(21-20-15)14-6-7-14/h10,14,25H,5-9,11-13H2,1-4H3,(H,20,21)/t19-/m0/s1. The van der Waals surface area contributed by atoms with Gasteiger partial charge in [-0.2, -0.15) is 5.10 Å². The molecule has 2 heterocycles. The van der Waals surface area contributed by atoms with Gasteiger partial charge >= 0.3 is 0 Å². The summed E-state index contributed by atoms with van der Waals surface area (Å²) in [6.07, 6.45) is 3.85. The number of hydrogen-bond donors (Lipinski definition) is 2. The van der Waals surface area contributed by atoms with Gasteiger partial charge in [0.1, 0.15) is 0 Å². The summed E-state index contributed by atoms with van der Waals surface area (Å²) in [5.41, 5.74) is 0.946. The molecule has 1 saturated carbocycles. The smallest absolute Gasteiger partial charge is 0.255 e. The summed E-state index contributed by atoms with van der Waals surface area (Å²) in [7, 11) is 1.95. The molecule has 1 amide bonds. The number of hydrogen-bond acceptors (Lipinski definition) is 4. The lowest BCUT2D eigenvalue weighted by Gasteiger charge is -2.42. The monoisotopic (exact) mass is 348 g/mol. The first-order valence-corrected chi connectivity index (χ1v) is 9.41. The summed E-state index contributed by atoms with van der Waals surface area (Å²) < 4.78 is 0. The lowest BCUT2D eigenvalue weighted by atomic mass is 9.88. The SMILES string of the molecule is CN(Cc1cc(C2CC2)n[nH]1)C[C@@]1(O)CCCN(CC(C)(C)C)C1=O. The first kappa shape index (κ1) is 18.4. The zero-order valence-corrected chi connectivity index (χ0v) is 16.0. The van der Waals surface area contributed by atoms with Crippen molar-refractivity contribution in [1.82, 2.24) is 20.0 Å². The number of nitrogens with one attached hydrogen (secondary N) is 1. The Balaban J connectivity index is 1.59. The highest BCUT2D eigenvalue weighted by Crippen LogP contribution is 2.39. The molecule has 1 saturated heterocycles. The van der Waals surface area contributed by atoms with Crippen molar-refractivity contribution in [1.29, 1.82) is 0 Å².